The fourth-order valence-electron chi connectivity index (χ4n) is 1.20. The second-order valence-electron chi connectivity index (χ2n) is 2.92. The number of nitrogens with zero attached hydrogens (tertiary/aromatic N) is 2. The van der Waals surface area contributed by atoms with Gasteiger partial charge in [0.05, 0.1) is 11.6 Å². The maximum Gasteiger partial charge on any atom is 0.335 e. The zero-order chi connectivity index (χ0) is 11.5. The molecule has 0 amide bonds. The Bertz CT molecular complexity index is 500. The number of halogens is 1. The molecule has 7 heteroatoms. The first-order chi connectivity index (χ1) is 7.74. The fourth-order valence-corrected chi connectivity index (χ4v) is 1.75. The Morgan fingerprint density at radius 3 is 2.88 bits per heavy atom. The zero-order valence-corrected chi connectivity index (χ0v) is 9.98. The third-order valence-electron chi connectivity index (χ3n) is 1.96. The molecule has 0 bridgehead atoms. The standard InChI is InChI=1S/C9H9BrN4O2/c1-15-7-3-2-5(4-6(7)10)8-12-9(13-11)16-14-8/h2-4H,11H2,1H3,(H,12,13,14). The number of anilines is 1. The van der Waals surface area contributed by atoms with Crippen molar-refractivity contribution in [2.24, 2.45) is 5.84 Å². The Morgan fingerprint density at radius 2 is 2.31 bits per heavy atom. The predicted octanol–water partition coefficient (Wildman–Crippen LogP) is 1.79. The van der Waals surface area contributed by atoms with E-state index in [4.69, 9.17) is 15.1 Å². The number of hydrazine groups is 1. The highest BCUT2D eigenvalue weighted by Crippen LogP contribution is 2.29. The third-order valence-corrected chi connectivity index (χ3v) is 2.58. The minimum atomic E-state index is 0.168. The molecule has 6 nitrogen and oxygen atoms in total. The van der Waals surface area contributed by atoms with Gasteiger partial charge in [-0.05, 0) is 34.1 Å². The first kappa shape index (κ1) is 10.9. The van der Waals surface area contributed by atoms with Crippen LogP contribution < -0.4 is 16.0 Å². The smallest absolute Gasteiger partial charge is 0.335 e. The number of nitrogens with two attached hydrogens (primary N) is 1. The van der Waals surface area contributed by atoms with Crippen molar-refractivity contribution in [3.8, 4) is 17.1 Å². The van der Waals surface area contributed by atoms with E-state index in [0.29, 0.717) is 5.82 Å². The number of aromatic nitrogens is 2. The molecular weight excluding hydrogens is 276 g/mol. The molecule has 0 unspecified atom stereocenters. The maximum atomic E-state index is 5.14. The Balaban J connectivity index is 2.37. The molecule has 84 valence electrons. The van der Waals surface area contributed by atoms with Gasteiger partial charge in [-0.15, -0.1) is 0 Å². The Morgan fingerprint density at radius 1 is 1.50 bits per heavy atom. The highest BCUT2D eigenvalue weighted by atomic mass is 79.9. The van der Waals surface area contributed by atoms with Crippen LogP contribution >= 0.6 is 15.9 Å². The number of hydrogen-bond acceptors (Lipinski definition) is 6. The highest BCUT2D eigenvalue weighted by Gasteiger charge is 2.09. The molecule has 0 saturated heterocycles. The molecule has 16 heavy (non-hydrogen) atoms. The summed E-state index contributed by atoms with van der Waals surface area (Å²) in [7, 11) is 1.60. The summed E-state index contributed by atoms with van der Waals surface area (Å²) < 4.78 is 10.8. The molecule has 3 N–H and O–H groups in total. The molecule has 0 radical (unpaired) electrons. The van der Waals surface area contributed by atoms with Gasteiger partial charge in [0, 0.05) is 5.56 Å². The number of rotatable bonds is 3. The molecule has 1 aromatic heterocycles. The van der Waals surface area contributed by atoms with Gasteiger partial charge in [0.1, 0.15) is 5.75 Å². The van der Waals surface area contributed by atoms with E-state index in [2.05, 4.69) is 31.5 Å². The van der Waals surface area contributed by atoms with Gasteiger partial charge in [0.15, 0.2) is 0 Å². The number of ether oxygens (including phenoxy) is 1. The van der Waals surface area contributed by atoms with Gasteiger partial charge < -0.3 is 9.26 Å². The molecular formula is C9H9BrN4O2. The summed E-state index contributed by atoms with van der Waals surface area (Å²) in [6.07, 6.45) is 0. The number of benzene rings is 1. The van der Waals surface area contributed by atoms with Crippen LogP contribution in [0, 0.1) is 0 Å². The predicted molar refractivity (Wildman–Crippen MR) is 61.8 cm³/mol. The summed E-state index contributed by atoms with van der Waals surface area (Å²) >= 11 is 3.38. The van der Waals surface area contributed by atoms with Crippen LogP contribution in [0.3, 0.4) is 0 Å². The van der Waals surface area contributed by atoms with Crippen molar-refractivity contribution in [2.45, 2.75) is 0 Å². The lowest BCUT2D eigenvalue weighted by Crippen LogP contribution is -2.06. The van der Waals surface area contributed by atoms with E-state index in [0.717, 1.165) is 15.8 Å². The monoisotopic (exact) mass is 284 g/mol. The summed E-state index contributed by atoms with van der Waals surface area (Å²) in [4.78, 5) is 4.02. The van der Waals surface area contributed by atoms with Crippen LogP contribution in [-0.2, 0) is 0 Å². The summed E-state index contributed by atoms with van der Waals surface area (Å²) in [6, 6.07) is 5.64. The van der Waals surface area contributed by atoms with Gasteiger partial charge in [-0.3, -0.25) is 5.43 Å². The van der Waals surface area contributed by atoms with Crippen molar-refractivity contribution >= 4 is 21.9 Å². The van der Waals surface area contributed by atoms with Gasteiger partial charge in [-0.1, -0.05) is 5.16 Å². The Hall–Kier alpha value is -1.60. The van der Waals surface area contributed by atoms with Crippen LogP contribution in [0.1, 0.15) is 0 Å². The minimum absolute atomic E-state index is 0.168. The second kappa shape index (κ2) is 4.50. The lowest BCUT2D eigenvalue weighted by atomic mass is 10.2. The molecule has 2 rings (SSSR count). The van der Waals surface area contributed by atoms with E-state index in [1.54, 1.807) is 7.11 Å². The fraction of sp³-hybridized carbons (Fsp3) is 0.111. The van der Waals surface area contributed by atoms with Crippen LogP contribution in [0.2, 0.25) is 0 Å². The van der Waals surface area contributed by atoms with E-state index >= 15 is 0 Å². The van der Waals surface area contributed by atoms with E-state index < -0.39 is 0 Å². The van der Waals surface area contributed by atoms with Gasteiger partial charge in [0.25, 0.3) is 0 Å². The average molecular weight is 285 g/mol. The molecule has 0 aliphatic heterocycles. The van der Waals surface area contributed by atoms with Crippen LogP contribution in [-0.4, -0.2) is 17.3 Å². The zero-order valence-electron chi connectivity index (χ0n) is 8.40. The SMILES string of the molecule is COc1ccc(-c2noc(NN)n2)cc1Br. The highest BCUT2D eigenvalue weighted by molar-refractivity contribution is 9.10. The van der Waals surface area contributed by atoms with Crippen molar-refractivity contribution in [2.75, 3.05) is 12.5 Å². The topological polar surface area (TPSA) is 86.2 Å². The molecule has 2 aromatic rings. The van der Waals surface area contributed by atoms with Crippen molar-refractivity contribution in [3.63, 3.8) is 0 Å². The summed E-state index contributed by atoms with van der Waals surface area (Å²) in [5, 5.41) is 3.76. The first-order valence-electron chi connectivity index (χ1n) is 4.39. The molecule has 0 saturated carbocycles. The van der Waals surface area contributed by atoms with E-state index in [1.165, 1.54) is 0 Å². The Labute approximate surface area is 99.9 Å². The van der Waals surface area contributed by atoms with Crippen LogP contribution in [0.25, 0.3) is 11.4 Å². The largest absolute Gasteiger partial charge is 0.496 e. The van der Waals surface area contributed by atoms with Gasteiger partial charge in [0.2, 0.25) is 5.82 Å². The lowest BCUT2D eigenvalue weighted by molar-refractivity contribution is 0.412. The summed E-state index contributed by atoms with van der Waals surface area (Å²) in [6.45, 7) is 0. The van der Waals surface area contributed by atoms with Crippen LogP contribution in [0.4, 0.5) is 6.01 Å². The number of hydrogen-bond donors (Lipinski definition) is 2. The van der Waals surface area contributed by atoms with Crippen molar-refractivity contribution < 1.29 is 9.26 Å². The maximum absolute atomic E-state index is 5.14. The lowest BCUT2D eigenvalue weighted by Gasteiger charge is -2.03. The molecule has 0 aliphatic carbocycles. The van der Waals surface area contributed by atoms with Crippen molar-refractivity contribution in [3.05, 3.63) is 22.7 Å². The van der Waals surface area contributed by atoms with E-state index in [9.17, 15) is 0 Å². The van der Waals surface area contributed by atoms with E-state index in [1.807, 2.05) is 18.2 Å². The van der Waals surface area contributed by atoms with Gasteiger partial charge in [-0.25, -0.2) is 5.84 Å². The number of methoxy groups -OCH3 is 1. The quantitative estimate of drug-likeness (QED) is 0.660. The second-order valence-corrected chi connectivity index (χ2v) is 3.77. The molecule has 1 aromatic carbocycles. The normalized spacial score (nSPS) is 10.2. The molecule has 1 heterocycles. The average Bonchev–Trinajstić information content (AvgIpc) is 2.77. The minimum Gasteiger partial charge on any atom is -0.496 e. The molecule has 0 atom stereocenters. The first-order valence-corrected chi connectivity index (χ1v) is 5.18. The van der Waals surface area contributed by atoms with E-state index in [-0.39, 0.29) is 6.01 Å². The number of nitrogens with one attached hydrogen (secondary N) is 1. The number of nitrogen functional groups attached to an aromatic ring is 1. The van der Waals surface area contributed by atoms with Gasteiger partial charge >= 0.3 is 6.01 Å². The van der Waals surface area contributed by atoms with Crippen LogP contribution in [0.5, 0.6) is 5.75 Å². The third kappa shape index (κ3) is 2.00. The van der Waals surface area contributed by atoms with Crippen molar-refractivity contribution in [1.82, 2.24) is 10.1 Å². The molecule has 0 aliphatic rings. The molecule has 0 fully saturated rings. The Kier molecular flexibility index (Phi) is 3.07. The van der Waals surface area contributed by atoms with Gasteiger partial charge in [-0.2, -0.15) is 4.98 Å². The summed E-state index contributed by atoms with van der Waals surface area (Å²) in [5.41, 5.74) is 3.08. The van der Waals surface area contributed by atoms with Crippen LogP contribution in [0.15, 0.2) is 27.2 Å². The summed E-state index contributed by atoms with van der Waals surface area (Å²) in [5.74, 6) is 6.34. The molecule has 0 spiro atoms. The van der Waals surface area contributed by atoms with Crippen molar-refractivity contribution in [1.29, 1.82) is 0 Å².